The molecule has 0 saturated heterocycles. The Morgan fingerprint density at radius 2 is 1.48 bits per heavy atom. The van der Waals surface area contributed by atoms with Crippen LogP contribution >= 0.6 is 0 Å². The molecule has 27 heavy (non-hydrogen) atoms. The predicted octanol–water partition coefficient (Wildman–Crippen LogP) is 4.77. The fourth-order valence-electron chi connectivity index (χ4n) is 2.49. The Morgan fingerprint density at radius 1 is 0.889 bits per heavy atom. The van der Waals surface area contributed by atoms with E-state index >= 15 is 0 Å². The van der Waals surface area contributed by atoms with Crippen LogP contribution in [0, 0.1) is 0 Å². The highest BCUT2D eigenvalue weighted by atomic mass is 16.5. The summed E-state index contributed by atoms with van der Waals surface area (Å²) in [5.74, 6) is 2.19. The number of hydrogen-bond donors (Lipinski definition) is 2. The van der Waals surface area contributed by atoms with E-state index in [-0.39, 0.29) is 12.1 Å². The van der Waals surface area contributed by atoms with Gasteiger partial charge in [-0.3, -0.25) is 4.98 Å². The standard InChI is InChI=1S/C21H21N3O3/c1-15(23-21(25)24-17-5-9-18(26-2)10-6-17)16-3-7-19(8-4-16)27-20-11-13-22-14-12-20/h3-15H,1-2H3,(H2,23,24,25). The van der Waals surface area contributed by atoms with Crippen LogP contribution < -0.4 is 20.1 Å². The third-order valence-corrected chi connectivity index (χ3v) is 3.96. The van der Waals surface area contributed by atoms with Gasteiger partial charge in [-0.25, -0.2) is 4.79 Å². The number of nitrogens with zero attached hydrogens (tertiary/aromatic N) is 1. The fraction of sp³-hybridized carbons (Fsp3) is 0.143. The maximum atomic E-state index is 12.2. The van der Waals surface area contributed by atoms with Gasteiger partial charge in [0.25, 0.3) is 0 Å². The molecule has 0 aliphatic rings. The maximum Gasteiger partial charge on any atom is 0.319 e. The molecule has 3 rings (SSSR count). The van der Waals surface area contributed by atoms with Crippen molar-refractivity contribution in [1.82, 2.24) is 10.3 Å². The van der Waals surface area contributed by atoms with Crippen LogP contribution in [-0.2, 0) is 0 Å². The van der Waals surface area contributed by atoms with E-state index in [4.69, 9.17) is 9.47 Å². The van der Waals surface area contributed by atoms with Gasteiger partial charge in [0.2, 0.25) is 0 Å². The molecule has 138 valence electrons. The highest BCUT2D eigenvalue weighted by molar-refractivity contribution is 5.89. The average Bonchev–Trinajstić information content (AvgIpc) is 2.70. The Hall–Kier alpha value is -3.54. The first kappa shape index (κ1) is 18.3. The molecule has 0 bridgehead atoms. The average molecular weight is 363 g/mol. The van der Waals surface area contributed by atoms with Gasteiger partial charge in [0, 0.05) is 18.1 Å². The number of urea groups is 1. The summed E-state index contributed by atoms with van der Waals surface area (Å²) >= 11 is 0. The van der Waals surface area contributed by atoms with E-state index in [0.29, 0.717) is 5.69 Å². The smallest absolute Gasteiger partial charge is 0.319 e. The van der Waals surface area contributed by atoms with Crippen LogP contribution in [0.3, 0.4) is 0 Å². The quantitative estimate of drug-likeness (QED) is 0.662. The molecule has 1 heterocycles. The van der Waals surface area contributed by atoms with E-state index in [1.165, 1.54) is 0 Å². The second-order valence-corrected chi connectivity index (χ2v) is 5.90. The third kappa shape index (κ3) is 5.22. The van der Waals surface area contributed by atoms with Gasteiger partial charge in [-0.05, 0) is 61.0 Å². The molecular weight excluding hydrogens is 342 g/mol. The molecule has 6 heteroatoms. The van der Waals surface area contributed by atoms with Gasteiger partial charge in [0.15, 0.2) is 0 Å². The van der Waals surface area contributed by atoms with E-state index in [0.717, 1.165) is 22.8 Å². The summed E-state index contributed by atoms with van der Waals surface area (Å²) in [5, 5.41) is 5.71. The van der Waals surface area contributed by atoms with Crippen LogP contribution in [-0.4, -0.2) is 18.1 Å². The van der Waals surface area contributed by atoms with Crippen molar-refractivity contribution in [1.29, 1.82) is 0 Å². The molecule has 2 amide bonds. The summed E-state index contributed by atoms with van der Waals surface area (Å²) in [7, 11) is 1.60. The molecule has 0 spiro atoms. The monoisotopic (exact) mass is 363 g/mol. The lowest BCUT2D eigenvalue weighted by Crippen LogP contribution is -2.31. The Kier molecular flexibility index (Phi) is 5.89. The lowest BCUT2D eigenvalue weighted by molar-refractivity contribution is 0.249. The van der Waals surface area contributed by atoms with Gasteiger partial charge in [-0.1, -0.05) is 12.1 Å². The van der Waals surface area contributed by atoms with Crippen molar-refractivity contribution in [2.45, 2.75) is 13.0 Å². The van der Waals surface area contributed by atoms with Crippen LogP contribution in [0.5, 0.6) is 17.2 Å². The van der Waals surface area contributed by atoms with Crippen LogP contribution in [0.2, 0.25) is 0 Å². The van der Waals surface area contributed by atoms with Crippen molar-refractivity contribution in [2.24, 2.45) is 0 Å². The summed E-state index contributed by atoms with van der Waals surface area (Å²) in [5.41, 5.74) is 1.67. The van der Waals surface area contributed by atoms with E-state index < -0.39 is 0 Å². The summed E-state index contributed by atoms with van der Waals surface area (Å²) in [4.78, 5) is 16.1. The number of rotatable bonds is 6. The normalized spacial score (nSPS) is 11.3. The first-order valence-corrected chi connectivity index (χ1v) is 8.53. The molecule has 6 nitrogen and oxygen atoms in total. The SMILES string of the molecule is COc1ccc(NC(=O)NC(C)c2ccc(Oc3ccncc3)cc2)cc1. The molecule has 1 unspecified atom stereocenters. The highest BCUT2D eigenvalue weighted by Gasteiger charge is 2.10. The Morgan fingerprint density at radius 3 is 2.11 bits per heavy atom. The first-order valence-electron chi connectivity index (χ1n) is 8.53. The second-order valence-electron chi connectivity index (χ2n) is 5.90. The van der Waals surface area contributed by atoms with Crippen molar-refractivity contribution in [3.8, 4) is 17.2 Å². The molecule has 0 aliphatic heterocycles. The van der Waals surface area contributed by atoms with Crippen LogP contribution in [0.4, 0.5) is 10.5 Å². The van der Waals surface area contributed by atoms with Crippen LogP contribution in [0.25, 0.3) is 0 Å². The minimum atomic E-state index is -0.273. The molecular formula is C21H21N3O3. The van der Waals surface area contributed by atoms with E-state index in [1.807, 2.05) is 31.2 Å². The number of aromatic nitrogens is 1. The van der Waals surface area contributed by atoms with Crippen LogP contribution in [0.15, 0.2) is 73.1 Å². The van der Waals surface area contributed by atoms with Crippen molar-refractivity contribution in [3.05, 3.63) is 78.6 Å². The Balaban J connectivity index is 1.55. The number of anilines is 1. The number of carbonyl (C=O) groups excluding carboxylic acids is 1. The number of amides is 2. The molecule has 1 atom stereocenters. The number of ether oxygens (including phenoxy) is 2. The highest BCUT2D eigenvalue weighted by Crippen LogP contribution is 2.23. The number of hydrogen-bond acceptors (Lipinski definition) is 4. The zero-order valence-electron chi connectivity index (χ0n) is 15.2. The minimum Gasteiger partial charge on any atom is -0.497 e. The van der Waals surface area contributed by atoms with Gasteiger partial charge < -0.3 is 20.1 Å². The molecule has 2 aromatic carbocycles. The first-order chi connectivity index (χ1) is 13.1. The van der Waals surface area contributed by atoms with E-state index in [9.17, 15) is 4.79 Å². The molecule has 3 aromatic rings. The number of carbonyl (C=O) groups is 1. The van der Waals surface area contributed by atoms with Gasteiger partial charge in [0.05, 0.1) is 13.2 Å². The topological polar surface area (TPSA) is 72.5 Å². The number of nitrogens with one attached hydrogen (secondary N) is 2. The lowest BCUT2D eigenvalue weighted by atomic mass is 10.1. The van der Waals surface area contributed by atoms with Gasteiger partial charge in [0.1, 0.15) is 17.2 Å². The molecule has 0 saturated carbocycles. The van der Waals surface area contributed by atoms with Crippen molar-refractivity contribution in [2.75, 3.05) is 12.4 Å². The Bertz CT molecular complexity index is 865. The molecule has 0 radical (unpaired) electrons. The van der Waals surface area contributed by atoms with E-state index in [1.54, 1.807) is 55.9 Å². The number of benzene rings is 2. The molecule has 0 fully saturated rings. The molecule has 2 N–H and O–H groups in total. The van der Waals surface area contributed by atoms with Crippen molar-refractivity contribution < 1.29 is 14.3 Å². The Labute approximate surface area is 158 Å². The minimum absolute atomic E-state index is 0.154. The third-order valence-electron chi connectivity index (χ3n) is 3.96. The van der Waals surface area contributed by atoms with Gasteiger partial charge in [-0.15, -0.1) is 0 Å². The van der Waals surface area contributed by atoms with Gasteiger partial charge >= 0.3 is 6.03 Å². The largest absolute Gasteiger partial charge is 0.497 e. The van der Waals surface area contributed by atoms with E-state index in [2.05, 4.69) is 15.6 Å². The number of methoxy groups -OCH3 is 1. The van der Waals surface area contributed by atoms with Crippen molar-refractivity contribution in [3.63, 3.8) is 0 Å². The summed E-state index contributed by atoms with van der Waals surface area (Å²) < 4.78 is 10.8. The molecule has 1 aromatic heterocycles. The summed E-state index contributed by atoms with van der Waals surface area (Å²) in [6.45, 7) is 1.92. The zero-order chi connectivity index (χ0) is 19.1. The maximum absolute atomic E-state index is 12.2. The summed E-state index contributed by atoms with van der Waals surface area (Å²) in [6.07, 6.45) is 3.36. The van der Waals surface area contributed by atoms with Crippen molar-refractivity contribution >= 4 is 11.7 Å². The van der Waals surface area contributed by atoms with Crippen LogP contribution in [0.1, 0.15) is 18.5 Å². The zero-order valence-corrected chi connectivity index (χ0v) is 15.2. The van der Waals surface area contributed by atoms with Gasteiger partial charge in [-0.2, -0.15) is 0 Å². The summed E-state index contributed by atoms with van der Waals surface area (Å²) in [6, 6.07) is 17.9. The molecule has 0 aliphatic carbocycles. The number of pyridine rings is 1. The predicted molar refractivity (Wildman–Crippen MR) is 104 cm³/mol. The lowest BCUT2D eigenvalue weighted by Gasteiger charge is -2.16. The fourth-order valence-corrected chi connectivity index (χ4v) is 2.49. The second kappa shape index (κ2) is 8.71.